The molecule has 3 heterocycles. The molecule has 1 fully saturated rings. The van der Waals surface area contributed by atoms with Gasteiger partial charge in [0, 0.05) is 13.1 Å². The van der Waals surface area contributed by atoms with Crippen molar-refractivity contribution in [3.05, 3.63) is 64.8 Å². The Morgan fingerprint density at radius 2 is 1.86 bits per heavy atom. The molecule has 1 amide bonds. The van der Waals surface area contributed by atoms with E-state index in [0.29, 0.717) is 22.4 Å². The Balaban J connectivity index is 1.39. The molecule has 0 aliphatic heterocycles. The van der Waals surface area contributed by atoms with Crippen molar-refractivity contribution in [1.82, 2.24) is 24.1 Å². The highest BCUT2D eigenvalue weighted by Gasteiger charge is 2.28. The summed E-state index contributed by atoms with van der Waals surface area (Å²) in [4.78, 5) is 26.4. The lowest BCUT2D eigenvalue weighted by molar-refractivity contribution is -0.115. The van der Waals surface area contributed by atoms with Crippen molar-refractivity contribution in [3.8, 4) is 17.3 Å². The van der Waals surface area contributed by atoms with E-state index in [4.69, 9.17) is 4.42 Å². The van der Waals surface area contributed by atoms with Crippen molar-refractivity contribution in [2.75, 3.05) is 5.32 Å². The van der Waals surface area contributed by atoms with Gasteiger partial charge < -0.3 is 9.73 Å². The van der Waals surface area contributed by atoms with Gasteiger partial charge in [0.2, 0.25) is 11.7 Å². The highest BCUT2D eigenvalue weighted by Crippen LogP contribution is 2.36. The van der Waals surface area contributed by atoms with Crippen LogP contribution in [-0.4, -0.2) is 35.3 Å². The average molecular weight is 507 g/mol. The number of benzene rings is 1. The average Bonchev–Trinajstić information content (AvgIpc) is 3.61. The van der Waals surface area contributed by atoms with Crippen molar-refractivity contribution < 1.29 is 9.21 Å². The molecular formula is C26H30N6O3S. The van der Waals surface area contributed by atoms with E-state index >= 15 is 0 Å². The number of para-hydroxylation sites is 1. The number of aromatic nitrogens is 5. The second-order valence-electron chi connectivity index (χ2n) is 9.13. The van der Waals surface area contributed by atoms with E-state index in [1.807, 2.05) is 56.3 Å². The molecule has 0 radical (unpaired) electrons. The number of hydrogen-bond donors (Lipinski definition) is 1. The van der Waals surface area contributed by atoms with Gasteiger partial charge in [-0.15, -0.1) is 10.2 Å². The highest BCUT2D eigenvalue weighted by molar-refractivity contribution is 8.00. The van der Waals surface area contributed by atoms with Gasteiger partial charge in [-0.25, -0.2) is 4.68 Å². The van der Waals surface area contributed by atoms with Crippen LogP contribution in [0.2, 0.25) is 0 Å². The molecule has 0 saturated heterocycles. The summed E-state index contributed by atoms with van der Waals surface area (Å²) in [6.07, 6.45) is 7.25. The van der Waals surface area contributed by atoms with Crippen molar-refractivity contribution in [2.45, 2.75) is 62.4 Å². The Hall–Kier alpha value is -3.53. The summed E-state index contributed by atoms with van der Waals surface area (Å²) in [6, 6.07) is 13.4. The molecule has 188 valence electrons. The first-order valence-corrected chi connectivity index (χ1v) is 13.1. The SMILES string of the molecule is Cc1c(NC(=O)C(C)Sc2nnc(-c3ccco3)n2C2CCCCC2)c(=O)n(-c2ccccc2)n1C. The fraction of sp³-hybridized carbons (Fsp3) is 0.385. The predicted molar refractivity (Wildman–Crippen MR) is 140 cm³/mol. The van der Waals surface area contributed by atoms with Crippen LogP contribution < -0.4 is 10.9 Å². The lowest BCUT2D eigenvalue weighted by Crippen LogP contribution is -2.27. The van der Waals surface area contributed by atoms with Crippen LogP contribution in [0.3, 0.4) is 0 Å². The molecule has 3 aromatic heterocycles. The second-order valence-corrected chi connectivity index (χ2v) is 10.4. The molecule has 4 aromatic rings. The second kappa shape index (κ2) is 10.2. The van der Waals surface area contributed by atoms with Crippen LogP contribution in [-0.2, 0) is 11.8 Å². The van der Waals surface area contributed by atoms with E-state index in [0.717, 1.165) is 31.4 Å². The third-order valence-corrected chi connectivity index (χ3v) is 7.86. The van der Waals surface area contributed by atoms with Gasteiger partial charge in [0.1, 0.15) is 5.69 Å². The minimum Gasteiger partial charge on any atom is -0.461 e. The van der Waals surface area contributed by atoms with Crippen molar-refractivity contribution in [2.24, 2.45) is 7.05 Å². The third-order valence-electron chi connectivity index (χ3n) is 6.80. The number of carbonyl (C=O) groups is 1. The fourth-order valence-corrected chi connectivity index (χ4v) is 5.67. The molecule has 0 spiro atoms. The molecule has 1 aromatic carbocycles. The van der Waals surface area contributed by atoms with Crippen LogP contribution in [0.1, 0.15) is 50.8 Å². The summed E-state index contributed by atoms with van der Waals surface area (Å²) in [6.45, 7) is 3.64. The summed E-state index contributed by atoms with van der Waals surface area (Å²) in [5, 5.41) is 11.9. The van der Waals surface area contributed by atoms with E-state index in [9.17, 15) is 9.59 Å². The topological polar surface area (TPSA) is 99.9 Å². The summed E-state index contributed by atoms with van der Waals surface area (Å²) in [5.41, 5.74) is 1.43. The normalized spacial score (nSPS) is 15.2. The van der Waals surface area contributed by atoms with E-state index in [1.54, 1.807) is 22.7 Å². The minimum atomic E-state index is -0.495. The molecule has 0 bridgehead atoms. The van der Waals surface area contributed by atoms with E-state index < -0.39 is 5.25 Å². The van der Waals surface area contributed by atoms with Gasteiger partial charge >= 0.3 is 0 Å². The molecule has 9 nitrogen and oxygen atoms in total. The number of anilines is 1. The molecule has 5 rings (SSSR count). The van der Waals surface area contributed by atoms with Gasteiger partial charge in [-0.2, -0.15) is 0 Å². The number of furan rings is 1. The molecule has 1 N–H and O–H groups in total. The molecule has 1 atom stereocenters. The van der Waals surface area contributed by atoms with Gasteiger partial charge in [0.25, 0.3) is 5.56 Å². The maximum atomic E-state index is 13.2. The first-order chi connectivity index (χ1) is 17.5. The number of thioether (sulfide) groups is 1. The van der Waals surface area contributed by atoms with Crippen LogP contribution >= 0.6 is 11.8 Å². The monoisotopic (exact) mass is 506 g/mol. The number of hydrogen-bond acceptors (Lipinski definition) is 6. The van der Waals surface area contributed by atoms with Gasteiger partial charge in [0.15, 0.2) is 10.9 Å². The van der Waals surface area contributed by atoms with Gasteiger partial charge in [-0.1, -0.05) is 49.2 Å². The smallest absolute Gasteiger partial charge is 0.295 e. The maximum absolute atomic E-state index is 13.2. The highest BCUT2D eigenvalue weighted by atomic mass is 32.2. The van der Waals surface area contributed by atoms with E-state index in [2.05, 4.69) is 20.1 Å². The zero-order valence-corrected chi connectivity index (χ0v) is 21.5. The summed E-state index contributed by atoms with van der Waals surface area (Å²) >= 11 is 1.35. The number of rotatable bonds is 7. The minimum absolute atomic E-state index is 0.260. The van der Waals surface area contributed by atoms with Crippen LogP contribution in [0, 0.1) is 6.92 Å². The molecule has 1 unspecified atom stereocenters. The number of nitrogens with one attached hydrogen (secondary N) is 1. The summed E-state index contributed by atoms with van der Waals surface area (Å²) < 4.78 is 11.1. The first-order valence-electron chi connectivity index (χ1n) is 12.3. The third kappa shape index (κ3) is 4.53. The lowest BCUT2D eigenvalue weighted by atomic mass is 9.95. The summed E-state index contributed by atoms with van der Waals surface area (Å²) in [5.74, 6) is 1.09. The standard InChI is InChI=1S/C26H30N6O3S/c1-17-22(25(34)32(30(17)3)20-13-8-5-9-14-20)27-24(33)18(2)36-26-29-28-23(21-15-10-16-35-21)31(26)19-11-6-4-7-12-19/h5,8-10,13-16,18-19H,4,6-7,11-12H2,1-3H3,(H,27,33). The largest absolute Gasteiger partial charge is 0.461 e. The zero-order valence-electron chi connectivity index (χ0n) is 20.7. The predicted octanol–water partition coefficient (Wildman–Crippen LogP) is 4.96. The Labute approximate surface area is 213 Å². The Kier molecular flexibility index (Phi) is 6.86. The Morgan fingerprint density at radius 3 is 2.56 bits per heavy atom. The molecule has 36 heavy (non-hydrogen) atoms. The van der Waals surface area contributed by atoms with Gasteiger partial charge in [-0.05, 0) is 51.0 Å². The van der Waals surface area contributed by atoms with Crippen molar-refractivity contribution >= 4 is 23.4 Å². The van der Waals surface area contributed by atoms with Crippen LogP contribution in [0.4, 0.5) is 5.69 Å². The number of amides is 1. The lowest BCUT2D eigenvalue weighted by Gasteiger charge is -2.25. The van der Waals surface area contributed by atoms with E-state index in [1.165, 1.54) is 18.2 Å². The first kappa shape index (κ1) is 24.2. The molecule has 1 aliphatic rings. The maximum Gasteiger partial charge on any atom is 0.295 e. The number of nitrogens with zero attached hydrogens (tertiary/aromatic N) is 5. The number of carbonyl (C=O) groups excluding carboxylic acids is 1. The molecular weight excluding hydrogens is 476 g/mol. The van der Waals surface area contributed by atoms with Gasteiger partial charge in [0.05, 0.1) is 22.9 Å². The summed E-state index contributed by atoms with van der Waals surface area (Å²) in [7, 11) is 1.81. The molecule has 1 aliphatic carbocycles. The quantitative estimate of drug-likeness (QED) is 0.356. The van der Waals surface area contributed by atoms with Crippen molar-refractivity contribution in [1.29, 1.82) is 0 Å². The molecule has 10 heteroatoms. The fourth-order valence-electron chi connectivity index (χ4n) is 4.75. The van der Waals surface area contributed by atoms with Crippen LogP contribution in [0.5, 0.6) is 0 Å². The van der Waals surface area contributed by atoms with E-state index in [-0.39, 0.29) is 23.2 Å². The van der Waals surface area contributed by atoms with Crippen molar-refractivity contribution in [3.63, 3.8) is 0 Å². The Morgan fingerprint density at radius 1 is 1.11 bits per heavy atom. The molecule has 1 saturated carbocycles. The Bertz CT molecular complexity index is 1400. The van der Waals surface area contributed by atoms with Crippen LogP contribution in [0.25, 0.3) is 17.3 Å². The van der Waals surface area contributed by atoms with Gasteiger partial charge in [-0.3, -0.25) is 18.8 Å². The zero-order chi connectivity index (χ0) is 25.2. The van der Waals surface area contributed by atoms with Crippen LogP contribution in [0.15, 0.2) is 63.1 Å².